The molecule has 1 aliphatic heterocycles. The molecule has 0 bridgehead atoms. The summed E-state index contributed by atoms with van der Waals surface area (Å²) in [7, 11) is 0. The molecule has 0 amide bonds. The van der Waals surface area contributed by atoms with Gasteiger partial charge in [-0.25, -0.2) is 8.78 Å². The first-order chi connectivity index (χ1) is 11.5. The first kappa shape index (κ1) is 16.9. The average molecular weight is 355 g/mol. The van der Waals surface area contributed by atoms with Crippen molar-refractivity contribution in [1.82, 2.24) is 4.98 Å². The van der Waals surface area contributed by atoms with Gasteiger partial charge in [0, 0.05) is 29.1 Å². The van der Waals surface area contributed by atoms with Crippen LogP contribution in [0, 0.1) is 0 Å². The van der Waals surface area contributed by atoms with E-state index in [1.165, 1.54) is 18.3 Å². The number of aromatic nitrogens is 1. The summed E-state index contributed by atoms with van der Waals surface area (Å²) in [4.78, 5) is 14.7. The van der Waals surface area contributed by atoms with Gasteiger partial charge in [0.25, 0.3) is 12.0 Å². The monoisotopic (exact) mass is 354 g/mol. The maximum atomic E-state index is 14.4. The maximum absolute atomic E-state index is 14.4. The number of ether oxygens (including phenoxy) is 1. The summed E-state index contributed by atoms with van der Waals surface area (Å²) >= 11 is 6.05. The van der Waals surface area contributed by atoms with E-state index in [4.69, 9.17) is 16.3 Å². The Labute approximate surface area is 142 Å². The van der Waals surface area contributed by atoms with E-state index >= 15 is 0 Å². The number of nitrogens with one attached hydrogen (secondary N) is 2. The Kier molecular flexibility index (Phi) is 4.60. The van der Waals surface area contributed by atoms with Crippen LogP contribution in [0.4, 0.5) is 20.2 Å². The summed E-state index contributed by atoms with van der Waals surface area (Å²) in [6.07, 6.45) is -0.688. The Hall–Kier alpha value is -1.92. The summed E-state index contributed by atoms with van der Waals surface area (Å²) < 4.78 is 34.2. The van der Waals surface area contributed by atoms with Crippen molar-refractivity contribution in [3.05, 3.63) is 57.0 Å². The third-order valence-electron chi connectivity index (χ3n) is 4.21. The zero-order valence-electron chi connectivity index (χ0n) is 13.0. The van der Waals surface area contributed by atoms with Crippen molar-refractivity contribution in [3.63, 3.8) is 0 Å². The largest absolute Gasteiger partial charge is 0.380 e. The van der Waals surface area contributed by atoms with E-state index in [1.54, 1.807) is 12.1 Å². The number of fused-ring (bicyclic) bond motifs is 2. The molecule has 2 aromatic rings. The second-order valence-electron chi connectivity index (χ2n) is 5.74. The molecule has 1 aromatic heterocycles. The standard InChI is InChI=1S/C17H17ClF2N2O2/c1-2-7-24-9-17(16(19)20)11-5-6-21-15(23)14(11)22-13-4-3-10(18)8-12(13)17/h3-6,8,16,22H,2,7,9H2,1H3,(H,21,23). The van der Waals surface area contributed by atoms with Crippen molar-refractivity contribution in [2.75, 3.05) is 18.5 Å². The fraction of sp³-hybridized carbons (Fsp3) is 0.353. The zero-order chi connectivity index (χ0) is 17.3. The molecule has 1 unspecified atom stereocenters. The van der Waals surface area contributed by atoms with E-state index in [1.807, 2.05) is 6.92 Å². The molecule has 0 spiro atoms. The molecule has 0 aliphatic carbocycles. The van der Waals surface area contributed by atoms with Crippen LogP contribution in [0.3, 0.4) is 0 Å². The third kappa shape index (κ3) is 2.59. The predicted molar refractivity (Wildman–Crippen MR) is 89.7 cm³/mol. The molecule has 3 rings (SSSR count). The van der Waals surface area contributed by atoms with Crippen LogP contribution < -0.4 is 10.9 Å². The van der Waals surface area contributed by atoms with Crippen molar-refractivity contribution in [3.8, 4) is 0 Å². The number of anilines is 2. The number of H-pyrrole nitrogens is 1. The van der Waals surface area contributed by atoms with Crippen LogP contribution in [0.1, 0.15) is 24.5 Å². The van der Waals surface area contributed by atoms with Gasteiger partial charge < -0.3 is 15.0 Å². The molecule has 7 heteroatoms. The van der Waals surface area contributed by atoms with Crippen molar-refractivity contribution in [2.24, 2.45) is 0 Å². The van der Waals surface area contributed by atoms with Gasteiger partial charge in [-0.1, -0.05) is 18.5 Å². The number of pyridine rings is 1. The average Bonchev–Trinajstić information content (AvgIpc) is 2.55. The van der Waals surface area contributed by atoms with Crippen LogP contribution >= 0.6 is 11.6 Å². The molecule has 0 saturated heterocycles. The van der Waals surface area contributed by atoms with Crippen molar-refractivity contribution in [2.45, 2.75) is 25.2 Å². The lowest BCUT2D eigenvalue weighted by atomic mass is 9.72. The highest BCUT2D eigenvalue weighted by Gasteiger charge is 2.49. The van der Waals surface area contributed by atoms with Gasteiger partial charge in [-0.3, -0.25) is 4.79 Å². The van der Waals surface area contributed by atoms with Crippen LogP contribution in [0.25, 0.3) is 0 Å². The van der Waals surface area contributed by atoms with Crippen molar-refractivity contribution < 1.29 is 13.5 Å². The highest BCUT2D eigenvalue weighted by Crippen LogP contribution is 2.48. The zero-order valence-corrected chi connectivity index (χ0v) is 13.8. The van der Waals surface area contributed by atoms with E-state index in [9.17, 15) is 13.6 Å². The lowest BCUT2D eigenvalue weighted by Crippen LogP contribution is -2.45. The molecule has 24 heavy (non-hydrogen) atoms. The molecular formula is C17H17ClF2N2O2. The number of aromatic amines is 1. The molecule has 1 aromatic carbocycles. The van der Waals surface area contributed by atoms with Gasteiger partial charge in [0.2, 0.25) is 0 Å². The Morgan fingerprint density at radius 3 is 2.79 bits per heavy atom. The van der Waals surface area contributed by atoms with Gasteiger partial charge in [0.15, 0.2) is 0 Å². The molecule has 0 fully saturated rings. The number of rotatable bonds is 5. The second kappa shape index (κ2) is 6.53. The quantitative estimate of drug-likeness (QED) is 0.796. The molecule has 1 atom stereocenters. The van der Waals surface area contributed by atoms with Crippen LogP contribution in [0.15, 0.2) is 35.3 Å². The predicted octanol–water partition coefficient (Wildman–Crippen LogP) is 4.06. The summed E-state index contributed by atoms with van der Waals surface area (Å²) in [5.41, 5.74) is -1.10. The molecule has 2 heterocycles. The Balaban J connectivity index is 2.27. The van der Waals surface area contributed by atoms with E-state index in [0.29, 0.717) is 29.3 Å². The SMILES string of the molecule is CCCOCC1(C(F)F)c2cc(Cl)ccc2Nc2c1cc[nH]c2=O. The number of halogens is 3. The number of hydrogen-bond donors (Lipinski definition) is 2. The van der Waals surface area contributed by atoms with Gasteiger partial charge in [-0.2, -0.15) is 0 Å². The van der Waals surface area contributed by atoms with Crippen molar-refractivity contribution in [1.29, 1.82) is 0 Å². The summed E-state index contributed by atoms with van der Waals surface area (Å²) in [5, 5.41) is 3.30. The first-order valence-corrected chi connectivity index (χ1v) is 8.03. The van der Waals surface area contributed by atoms with E-state index in [-0.39, 0.29) is 17.9 Å². The second-order valence-corrected chi connectivity index (χ2v) is 6.17. The summed E-state index contributed by atoms with van der Waals surface area (Å²) in [5.74, 6) is 0. The topological polar surface area (TPSA) is 54.1 Å². The Morgan fingerprint density at radius 2 is 2.08 bits per heavy atom. The highest BCUT2D eigenvalue weighted by molar-refractivity contribution is 6.30. The minimum atomic E-state index is -2.77. The molecule has 0 radical (unpaired) electrons. The van der Waals surface area contributed by atoms with Gasteiger partial charge >= 0.3 is 0 Å². The minimum absolute atomic E-state index is 0.118. The maximum Gasteiger partial charge on any atom is 0.271 e. The lowest BCUT2D eigenvalue weighted by Gasteiger charge is -2.39. The molecule has 1 aliphatic rings. The minimum Gasteiger partial charge on any atom is -0.380 e. The fourth-order valence-electron chi connectivity index (χ4n) is 3.08. The van der Waals surface area contributed by atoms with Crippen molar-refractivity contribution >= 4 is 23.0 Å². The summed E-state index contributed by atoms with van der Waals surface area (Å²) in [6, 6.07) is 6.20. The number of hydrogen-bond acceptors (Lipinski definition) is 3. The van der Waals surface area contributed by atoms with Gasteiger partial charge in [-0.05, 0) is 36.2 Å². The molecule has 2 N–H and O–H groups in total. The van der Waals surface area contributed by atoms with Crippen LogP contribution in [0.2, 0.25) is 5.02 Å². The highest BCUT2D eigenvalue weighted by atomic mass is 35.5. The van der Waals surface area contributed by atoms with Crippen LogP contribution in [-0.2, 0) is 10.2 Å². The lowest BCUT2D eigenvalue weighted by molar-refractivity contribution is 0.00368. The third-order valence-corrected chi connectivity index (χ3v) is 4.45. The fourth-order valence-corrected chi connectivity index (χ4v) is 3.25. The molecular weight excluding hydrogens is 338 g/mol. The van der Waals surface area contributed by atoms with Crippen LogP contribution in [-0.4, -0.2) is 24.6 Å². The smallest absolute Gasteiger partial charge is 0.271 e. The van der Waals surface area contributed by atoms with Crippen LogP contribution in [0.5, 0.6) is 0 Å². The van der Waals surface area contributed by atoms with Gasteiger partial charge in [0.05, 0.1) is 6.61 Å². The normalized spacial score (nSPS) is 18.9. The molecule has 128 valence electrons. The Bertz CT molecular complexity index is 809. The number of alkyl halides is 2. The summed E-state index contributed by atoms with van der Waals surface area (Å²) in [6.45, 7) is 2.03. The van der Waals surface area contributed by atoms with Gasteiger partial charge in [0.1, 0.15) is 11.1 Å². The molecule has 4 nitrogen and oxygen atoms in total. The molecule has 0 saturated carbocycles. The first-order valence-electron chi connectivity index (χ1n) is 7.65. The Morgan fingerprint density at radius 1 is 1.29 bits per heavy atom. The number of benzene rings is 1. The van der Waals surface area contributed by atoms with E-state index in [2.05, 4.69) is 10.3 Å². The van der Waals surface area contributed by atoms with E-state index in [0.717, 1.165) is 0 Å². The van der Waals surface area contributed by atoms with E-state index < -0.39 is 17.4 Å². The van der Waals surface area contributed by atoms with Gasteiger partial charge in [-0.15, -0.1) is 0 Å².